The normalized spacial score (nSPS) is 23.9. The molecule has 3 rings (SSSR count). The quantitative estimate of drug-likeness (QED) is 0.301. The Morgan fingerprint density at radius 1 is 1.09 bits per heavy atom. The SMILES string of the molecule is COCCCN1C=C(CN(C(=O)[C@@H]2C[C@H](C(=O)NC(CO)CC(C)C)CN(C(=O)OC(C)(C)C)C2)C(C)C)C2C=CC=CC21. The number of nitrogens with zero attached hydrogens (tertiary/aromatic N) is 3. The van der Waals surface area contributed by atoms with Crippen LogP contribution in [-0.4, -0.2) is 108 Å². The molecule has 0 aromatic heterocycles. The lowest BCUT2D eigenvalue weighted by Crippen LogP contribution is -2.55. The van der Waals surface area contributed by atoms with E-state index in [-0.39, 0.29) is 55.6 Å². The molecular formula is C34H56N4O6. The van der Waals surface area contributed by atoms with Crippen LogP contribution in [0.5, 0.6) is 0 Å². The van der Waals surface area contributed by atoms with E-state index in [4.69, 9.17) is 9.47 Å². The zero-order valence-corrected chi connectivity index (χ0v) is 28.1. The Kier molecular flexibility index (Phi) is 12.9. The summed E-state index contributed by atoms with van der Waals surface area (Å²) in [7, 11) is 1.71. The Balaban J connectivity index is 1.83. The summed E-state index contributed by atoms with van der Waals surface area (Å²) >= 11 is 0. The van der Waals surface area contributed by atoms with Crippen molar-refractivity contribution in [3.8, 4) is 0 Å². The van der Waals surface area contributed by atoms with Crippen molar-refractivity contribution in [2.75, 3.05) is 46.5 Å². The fourth-order valence-corrected chi connectivity index (χ4v) is 6.35. The Bertz CT molecular complexity index is 1080. The lowest BCUT2D eigenvalue weighted by molar-refractivity contribution is -0.140. The number of carbonyl (C=O) groups excluding carboxylic acids is 3. The van der Waals surface area contributed by atoms with Crippen molar-refractivity contribution in [2.24, 2.45) is 23.7 Å². The van der Waals surface area contributed by atoms with Gasteiger partial charge in [0.25, 0.3) is 0 Å². The summed E-state index contributed by atoms with van der Waals surface area (Å²) < 4.78 is 10.9. The molecule has 248 valence electrons. The maximum absolute atomic E-state index is 14.3. The number of amides is 3. The van der Waals surface area contributed by atoms with E-state index in [0.29, 0.717) is 31.9 Å². The first kappa shape index (κ1) is 35.6. The van der Waals surface area contributed by atoms with Gasteiger partial charge in [0.05, 0.1) is 30.5 Å². The Hall–Kier alpha value is -2.85. The topological polar surface area (TPSA) is 112 Å². The van der Waals surface area contributed by atoms with E-state index in [9.17, 15) is 19.5 Å². The molecule has 3 aliphatic rings. The third-order valence-corrected chi connectivity index (χ3v) is 8.42. The first-order valence-electron chi connectivity index (χ1n) is 16.2. The Morgan fingerprint density at radius 3 is 2.39 bits per heavy atom. The van der Waals surface area contributed by atoms with E-state index < -0.39 is 23.5 Å². The number of fused-ring (bicyclic) bond motifs is 1. The molecular weight excluding hydrogens is 560 g/mol. The number of aliphatic hydroxyl groups excluding tert-OH is 1. The summed E-state index contributed by atoms with van der Waals surface area (Å²) in [6.45, 7) is 15.7. The maximum Gasteiger partial charge on any atom is 0.410 e. The van der Waals surface area contributed by atoms with Gasteiger partial charge in [0, 0.05) is 58.1 Å². The predicted octanol–water partition coefficient (Wildman–Crippen LogP) is 3.97. The van der Waals surface area contributed by atoms with Crippen molar-refractivity contribution in [2.45, 2.75) is 91.5 Å². The third-order valence-electron chi connectivity index (χ3n) is 8.42. The summed E-state index contributed by atoms with van der Waals surface area (Å²) in [5.41, 5.74) is 0.459. The van der Waals surface area contributed by atoms with Gasteiger partial charge in [-0.3, -0.25) is 9.59 Å². The average molecular weight is 617 g/mol. The second kappa shape index (κ2) is 15.9. The number of hydrogen-bond donors (Lipinski definition) is 2. The number of aliphatic hydroxyl groups is 1. The highest BCUT2D eigenvalue weighted by Gasteiger charge is 2.42. The van der Waals surface area contributed by atoms with Crippen LogP contribution in [0.2, 0.25) is 0 Å². The largest absolute Gasteiger partial charge is 0.444 e. The molecule has 0 bridgehead atoms. The number of carbonyl (C=O) groups is 3. The van der Waals surface area contributed by atoms with Crippen molar-refractivity contribution < 1.29 is 29.0 Å². The zero-order valence-electron chi connectivity index (χ0n) is 28.1. The number of hydrogen-bond acceptors (Lipinski definition) is 7. The van der Waals surface area contributed by atoms with Gasteiger partial charge in [-0.15, -0.1) is 0 Å². The van der Waals surface area contributed by atoms with Gasteiger partial charge in [0.1, 0.15) is 5.60 Å². The molecule has 3 unspecified atom stereocenters. The van der Waals surface area contributed by atoms with Crippen molar-refractivity contribution in [3.63, 3.8) is 0 Å². The second-order valence-electron chi connectivity index (χ2n) is 14.2. The van der Waals surface area contributed by atoms with Gasteiger partial charge in [0.15, 0.2) is 0 Å². The molecule has 2 aliphatic heterocycles. The molecule has 1 fully saturated rings. The maximum atomic E-state index is 14.3. The second-order valence-corrected chi connectivity index (χ2v) is 14.2. The molecule has 0 aromatic carbocycles. The third kappa shape index (κ3) is 9.83. The van der Waals surface area contributed by atoms with Gasteiger partial charge < -0.3 is 34.6 Å². The van der Waals surface area contributed by atoms with Crippen LogP contribution >= 0.6 is 0 Å². The molecule has 0 spiro atoms. The molecule has 1 saturated heterocycles. The number of likely N-dealkylation sites (tertiary alicyclic amines) is 1. The number of rotatable bonds is 13. The number of allylic oxidation sites excluding steroid dienone is 2. The van der Waals surface area contributed by atoms with Crippen LogP contribution in [0.15, 0.2) is 36.1 Å². The molecule has 10 nitrogen and oxygen atoms in total. The monoisotopic (exact) mass is 616 g/mol. The van der Waals surface area contributed by atoms with Gasteiger partial charge in [-0.05, 0) is 65.4 Å². The molecule has 0 aromatic rings. The number of piperidine rings is 1. The number of nitrogens with one attached hydrogen (secondary N) is 1. The number of methoxy groups -OCH3 is 1. The molecule has 10 heteroatoms. The lowest BCUT2D eigenvalue weighted by atomic mass is 9.86. The fourth-order valence-electron chi connectivity index (χ4n) is 6.35. The highest BCUT2D eigenvalue weighted by Crippen LogP contribution is 2.35. The minimum Gasteiger partial charge on any atom is -0.444 e. The lowest BCUT2D eigenvalue weighted by Gasteiger charge is -2.40. The summed E-state index contributed by atoms with van der Waals surface area (Å²) in [6, 6.07) is -0.249. The average Bonchev–Trinajstić information content (AvgIpc) is 3.31. The standard InChI is InChI=1S/C34H56N4O6/c1-23(2)16-28(22-39)35-31(40)25-17-26(19-37(18-25)33(42)44-34(5,6)7)32(41)38(24(3)4)21-27-20-36(14-11-15-43-8)30-13-10-9-12-29(27)30/h9-10,12-13,20,23-26,28-30,39H,11,14-19,21-22H2,1-8H3,(H,35,40)/t25-,26+,28?,29?,30?/m0/s1. The van der Waals surface area contributed by atoms with Crippen molar-refractivity contribution in [3.05, 3.63) is 36.1 Å². The minimum absolute atomic E-state index is 0.0717. The summed E-state index contributed by atoms with van der Waals surface area (Å²) in [5.74, 6) is -1.02. The van der Waals surface area contributed by atoms with E-state index in [1.807, 2.05) is 32.6 Å². The minimum atomic E-state index is -0.711. The first-order chi connectivity index (χ1) is 20.7. The fraction of sp³-hybridized carbons (Fsp3) is 0.735. The Labute approximate surface area is 264 Å². The first-order valence-corrected chi connectivity index (χ1v) is 16.2. The van der Waals surface area contributed by atoms with Gasteiger partial charge in [-0.2, -0.15) is 0 Å². The number of ether oxygens (including phenoxy) is 2. The molecule has 5 atom stereocenters. The van der Waals surface area contributed by atoms with Crippen molar-refractivity contribution >= 4 is 17.9 Å². The molecule has 0 saturated carbocycles. The molecule has 0 radical (unpaired) electrons. The van der Waals surface area contributed by atoms with E-state index >= 15 is 0 Å². The Morgan fingerprint density at radius 2 is 1.77 bits per heavy atom. The van der Waals surface area contributed by atoms with Crippen LogP contribution in [-0.2, 0) is 19.1 Å². The summed E-state index contributed by atoms with van der Waals surface area (Å²) in [4.78, 5) is 46.8. The van der Waals surface area contributed by atoms with Crippen LogP contribution in [0, 0.1) is 23.7 Å². The van der Waals surface area contributed by atoms with Crippen molar-refractivity contribution in [1.29, 1.82) is 0 Å². The van der Waals surface area contributed by atoms with Gasteiger partial charge in [-0.1, -0.05) is 38.2 Å². The molecule has 2 heterocycles. The van der Waals surface area contributed by atoms with Crippen LogP contribution in [0.3, 0.4) is 0 Å². The smallest absolute Gasteiger partial charge is 0.410 e. The zero-order chi connectivity index (χ0) is 32.6. The van der Waals surface area contributed by atoms with E-state index in [1.54, 1.807) is 27.9 Å². The van der Waals surface area contributed by atoms with E-state index in [2.05, 4.69) is 40.7 Å². The van der Waals surface area contributed by atoms with Crippen LogP contribution in [0.25, 0.3) is 0 Å². The molecule has 2 N–H and O–H groups in total. The van der Waals surface area contributed by atoms with Crippen LogP contribution in [0.1, 0.15) is 67.7 Å². The highest BCUT2D eigenvalue weighted by molar-refractivity contribution is 5.84. The van der Waals surface area contributed by atoms with Crippen LogP contribution in [0.4, 0.5) is 4.79 Å². The summed E-state index contributed by atoms with van der Waals surface area (Å²) in [6.07, 6.45) is 12.1. The predicted molar refractivity (Wildman–Crippen MR) is 172 cm³/mol. The van der Waals surface area contributed by atoms with Gasteiger partial charge in [0.2, 0.25) is 11.8 Å². The molecule has 1 aliphatic carbocycles. The van der Waals surface area contributed by atoms with Gasteiger partial charge in [-0.25, -0.2) is 4.79 Å². The highest BCUT2D eigenvalue weighted by atomic mass is 16.6. The summed E-state index contributed by atoms with van der Waals surface area (Å²) in [5, 5.41) is 12.8. The van der Waals surface area contributed by atoms with E-state index in [0.717, 1.165) is 13.0 Å². The van der Waals surface area contributed by atoms with Gasteiger partial charge >= 0.3 is 6.09 Å². The molecule has 44 heavy (non-hydrogen) atoms. The molecule has 3 amide bonds. The van der Waals surface area contributed by atoms with Crippen molar-refractivity contribution in [1.82, 2.24) is 20.0 Å². The van der Waals surface area contributed by atoms with E-state index in [1.165, 1.54) is 10.5 Å². The van der Waals surface area contributed by atoms with Crippen LogP contribution < -0.4 is 5.32 Å².